The van der Waals surface area contributed by atoms with Gasteiger partial charge >= 0.3 is 0 Å². The fourth-order valence-corrected chi connectivity index (χ4v) is 1.84. The molecule has 17 heavy (non-hydrogen) atoms. The summed E-state index contributed by atoms with van der Waals surface area (Å²) < 4.78 is 5.73. The van der Waals surface area contributed by atoms with Gasteiger partial charge in [-0.15, -0.1) is 0 Å². The lowest BCUT2D eigenvalue weighted by Gasteiger charge is -2.23. The van der Waals surface area contributed by atoms with Crippen molar-refractivity contribution < 1.29 is 14.9 Å². The minimum absolute atomic E-state index is 0.139. The molecule has 0 saturated heterocycles. The second-order valence-corrected chi connectivity index (χ2v) is 4.72. The van der Waals surface area contributed by atoms with Crippen LogP contribution in [0.4, 0.5) is 0 Å². The van der Waals surface area contributed by atoms with Gasteiger partial charge in [0.1, 0.15) is 0 Å². The monoisotopic (exact) mass is 245 g/mol. The van der Waals surface area contributed by atoms with Gasteiger partial charge in [0.15, 0.2) is 0 Å². The zero-order chi connectivity index (χ0) is 13.1. The third kappa shape index (κ3) is 8.58. The molecule has 0 aliphatic carbocycles. The fourth-order valence-electron chi connectivity index (χ4n) is 1.84. The van der Waals surface area contributed by atoms with Crippen molar-refractivity contribution in [2.45, 2.75) is 64.6 Å². The van der Waals surface area contributed by atoms with Crippen LogP contribution in [-0.4, -0.2) is 35.6 Å². The molecule has 0 aliphatic heterocycles. The summed E-state index contributed by atoms with van der Waals surface area (Å²) >= 11 is 0. The van der Waals surface area contributed by atoms with Gasteiger partial charge in [0.05, 0.1) is 12.2 Å². The number of ether oxygens (including phenoxy) is 1. The van der Waals surface area contributed by atoms with E-state index in [1.807, 2.05) is 0 Å². The maximum absolute atomic E-state index is 9.48. The molecule has 3 unspecified atom stereocenters. The van der Waals surface area contributed by atoms with Gasteiger partial charge in [0.25, 0.3) is 0 Å². The summed E-state index contributed by atoms with van der Waals surface area (Å²) in [5.41, 5.74) is 0. The summed E-state index contributed by atoms with van der Waals surface area (Å²) in [5.74, 6) is 0.574. The van der Waals surface area contributed by atoms with Crippen LogP contribution in [-0.2, 0) is 4.74 Å². The van der Waals surface area contributed by atoms with Gasteiger partial charge in [-0.1, -0.05) is 33.1 Å². The topological polar surface area (TPSA) is 49.7 Å². The van der Waals surface area contributed by atoms with Crippen LogP contribution in [0.25, 0.3) is 0 Å². The Morgan fingerprint density at radius 1 is 1.18 bits per heavy atom. The number of hydrogen-bond donors (Lipinski definition) is 2. The van der Waals surface area contributed by atoms with Gasteiger partial charge in [-0.3, -0.25) is 0 Å². The highest BCUT2D eigenvalue weighted by atomic mass is 16.5. The van der Waals surface area contributed by atoms with Gasteiger partial charge in [0.2, 0.25) is 0 Å². The van der Waals surface area contributed by atoms with E-state index in [4.69, 9.17) is 9.84 Å². The first-order valence-corrected chi connectivity index (χ1v) is 6.89. The number of aliphatic hydroxyl groups is 2. The summed E-state index contributed by atoms with van der Waals surface area (Å²) in [5, 5.41) is 18.3. The Labute approximate surface area is 106 Å². The van der Waals surface area contributed by atoms with Crippen LogP contribution in [0.1, 0.15) is 52.4 Å². The molecule has 3 nitrogen and oxygen atoms in total. The lowest BCUT2D eigenvalue weighted by molar-refractivity contribution is -0.0407. The standard InChI is InChI=1S/C14H29O3/c1-4-6-8-13(5-2)11-17-14(12(3)16)9-7-10-15/h12-16H,3-11H2,1-2H3. The molecule has 0 aromatic carbocycles. The molecule has 0 amide bonds. The molecular formula is C14H29O3. The Hall–Kier alpha value is -0.120. The lowest BCUT2D eigenvalue weighted by Crippen LogP contribution is -2.29. The molecule has 0 fully saturated rings. The second kappa shape index (κ2) is 11.0. The molecular weight excluding hydrogens is 216 g/mol. The van der Waals surface area contributed by atoms with E-state index < -0.39 is 6.10 Å². The molecule has 0 aromatic rings. The second-order valence-electron chi connectivity index (χ2n) is 4.72. The maximum atomic E-state index is 9.48. The highest BCUT2D eigenvalue weighted by Crippen LogP contribution is 2.16. The average molecular weight is 245 g/mol. The first-order valence-electron chi connectivity index (χ1n) is 6.89. The molecule has 0 aromatic heterocycles. The van der Waals surface area contributed by atoms with Crippen molar-refractivity contribution in [3.05, 3.63) is 6.92 Å². The Kier molecular flexibility index (Phi) is 10.9. The van der Waals surface area contributed by atoms with Gasteiger partial charge in [-0.2, -0.15) is 0 Å². The van der Waals surface area contributed by atoms with E-state index in [0.717, 1.165) is 6.42 Å². The van der Waals surface area contributed by atoms with Crippen LogP contribution in [0.3, 0.4) is 0 Å². The minimum atomic E-state index is -0.703. The van der Waals surface area contributed by atoms with E-state index in [-0.39, 0.29) is 12.7 Å². The molecule has 1 radical (unpaired) electrons. The maximum Gasteiger partial charge on any atom is 0.0834 e. The molecule has 3 heteroatoms. The van der Waals surface area contributed by atoms with E-state index in [2.05, 4.69) is 20.8 Å². The van der Waals surface area contributed by atoms with Crippen molar-refractivity contribution in [1.29, 1.82) is 0 Å². The minimum Gasteiger partial charge on any atom is -0.396 e. The van der Waals surface area contributed by atoms with Crippen molar-refractivity contribution >= 4 is 0 Å². The SMILES string of the molecule is [CH2]C(O)C(CCCO)OCC(CC)CCCC. The molecule has 3 atom stereocenters. The molecule has 0 aliphatic rings. The normalized spacial score (nSPS) is 16.8. The summed E-state index contributed by atoms with van der Waals surface area (Å²) in [6.45, 7) is 8.80. The smallest absolute Gasteiger partial charge is 0.0834 e. The molecule has 0 spiro atoms. The quantitative estimate of drug-likeness (QED) is 0.588. The summed E-state index contributed by atoms with van der Waals surface area (Å²) in [6, 6.07) is 0. The summed E-state index contributed by atoms with van der Waals surface area (Å²) in [4.78, 5) is 0. The van der Waals surface area contributed by atoms with Crippen LogP contribution in [0.15, 0.2) is 0 Å². The van der Waals surface area contributed by atoms with Crippen molar-refractivity contribution in [3.63, 3.8) is 0 Å². The number of aliphatic hydroxyl groups excluding tert-OH is 2. The van der Waals surface area contributed by atoms with Crippen LogP contribution < -0.4 is 0 Å². The number of unbranched alkanes of at least 4 members (excludes halogenated alkanes) is 1. The van der Waals surface area contributed by atoms with E-state index in [0.29, 0.717) is 25.4 Å². The van der Waals surface area contributed by atoms with Gasteiger partial charge in [-0.05, 0) is 32.1 Å². The van der Waals surface area contributed by atoms with Crippen LogP contribution in [0.5, 0.6) is 0 Å². The number of rotatable bonds is 11. The van der Waals surface area contributed by atoms with Crippen LogP contribution in [0.2, 0.25) is 0 Å². The van der Waals surface area contributed by atoms with Crippen molar-refractivity contribution in [1.82, 2.24) is 0 Å². The van der Waals surface area contributed by atoms with Crippen molar-refractivity contribution in [2.75, 3.05) is 13.2 Å². The Morgan fingerprint density at radius 2 is 1.88 bits per heavy atom. The van der Waals surface area contributed by atoms with E-state index in [9.17, 15) is 5.11 Å². The molecule has 0 bridgehead atoms. The highest BCUT2D eigenvalue weighted by molar-refractivity contribution is 4.71. The zero-order valence-electron chi connectivity index (χ0n) is 11.4. The largest absolute Gasteiger partial charge is 0.396 e. The van der Waals surface area contributed by atoms with E-state index in [1.165, 1.54) is 19.3 Å². The molecule has 2 N–H and O–H groups in total. The third-order valence-electron chi connectivity index (χ3n) is 3.17. The molecule has 0 rings (SSSR count). The molecule has 0 heterocycles. The Bertz CT molecular complexity index is 160. The van der Waals surface area contributed by atoms with Crippen molar-refractivity contribution in [2.24, 2.45) is 5.92 Å². The lowest BCUT2D eigenvalue weighted by atomic mass is 10.0. The average Bonchev–Trinajstić information content (AvgIpc) is 2.32. The Morgan fingerprint density at radius 3 is 2.35 bits per heavy atom. The first-order chi connectivity index (χ1) is 8.15. The van der Waals surface area contributed by atoms with Gasteiger partial charge in [0, 0.05) is 13.2 Å². The predicted octanol–water partition coefficient (Wildman–Crippen LogP) is 2.56. The van der Waals surface area contributed by atoms with Crippen LogP contribution in [0, 0.1) is 12.8 Å². The first kappa shape index (κ1) is 16.9. The molecule has 103 valence electrons. The number of hydrogen-bond acceptors (Lipinski definition) is 3. The summed E-state index contributed by atoms with van der Waals surface area (Å²) in [6.07, 6.45) is 5.13. The van der Waals surface area contributed by atoms with Gasteiger partial charge < -0.3 is 14.9 Å². The van der Waals surface area contributed by atoms with Gasteiger partial charge in [-0.25, -0.2) is 0 Å². The van der Waals surface area contributed by atoms with Crippen molar-refractivity contribution in [3.8, 4) is 0 Å². The predicted molar refractivity (Wildman–Crippen MR) is 70.7 cm³/mol. The van der Waals surface area contributed by atoms with E-state index >= 15 is 0 Å². The Balaban J connectivity index is 3.90. The van der Waals surface area contributed by atoms with Crippen LogP contribution >= 0.6 is 0 Å². The third-order valence-corrected chi connectivity index (χ3v) is 3.17. The fraction of sp³-hybridized carbons (Fsp3) is 0.929. The zero-order valence-corrected chi connectivity index (χ0v) is 11.4. The summed E-state index contributed by atoms with van der Waals surface area (Å²) in [7, 11) is 0. The molecule has 0 saturated carbocycles. The van der Waals surface area contributed by atoms with E-state index in [1.54, 1.807) is 0 Å². The highest BCUT2D eigenvalue weighted by Gasteiger charge is 2.17.